The van der Waals surface area contributed by atoms with Gasteiger partial charge >= 0.3 is 6.09 Å². The lowest BCUT2D eigenvalue weighted by Gasteiger charge is -2.59. The molecular weight excluding hydrogens is 290 g/mol. The standard InChI is InChI=1S/C19H27NO3/c1-18(2,3)23-17(22)20-12-19(13-20)10-14(11-19)9-16(21)15-7-5-4-6-8-15/h4-8,14,16,21H,9-13H2,1-3H3/t16-/m0/s1. The Balaban J connectivity index is 1.42. The van der Waals surface area contributed by atoms with Crippen molar-refractivity contribution in [3.8, 4) is 0 Å². The summed E-state index contributed by atoms with van der Waals surface area (Å²) >= 11 is 0. The van der Waals surface area contributed by atoms with Crippen LogP contribution in [0, 0.1) is 11.3 Å². The highest BCUT2D eigenvalue weighted by Gasteiger charge is 2.54. The molecule has 0 aromatic heterocycles. The highest BCUT2D eigenvalue weighted by molar-refractivity contribution is 5.69. The molecule has 2 fully saturated rings. The Labute approximate surface area is 138 Å². The monoisotopic (exact) mass is 317 g/mol. The van der Waals surface area contributed by atoms with E-state index in [0.717, 1.165) is 37.9 Å². The molecule has 1 saturated heterocycles. The maximum atomic E-state index is 12.0. The SMILES string of the molecule is CC(C)(C)OC(=O)N1CC2(CC(C[C@H](O)c3ccccc3)C2)C1. The van der Waals surface area contributed by atoms with Crippen molar-refractivity contribution in [2.45, 2.75) is 51.7 Å². The van der Waals surface area contributed by atoms with E-state index < -0.39 is 5.60 Å². The molecule has 1 saturated carbocycles. The van der Waals surface area contributed by atoms with E-state index in [1.807, 2.05) is 51.1 Å². The number of rotatable bonds is 3. The van der Waals surface area contributed by atoms with Gasteiger partial charge in [-0.15, -0.1) is 0 Å². The van der Waals surface area contributed by atoms with Crippen LogP contribution >= 0.6 is 0 Å². The van der Waals surface area contributed by atoms with Gasteiger partial charge in [0.1, 0.15) is 5.60 Å². The Kier molecular flexibility index (Phi) is 4.13. The van der Waals surface area contributed by atoms with Crippen LogP contribution in [0.25, 0.3) is 0 Å². The minimum Gasteiger partial charge on any atom is -0.444 e. The number of aliphatic hydroxyl groups excluding tert-OH is 1. The van der Waals surface area contributed by atoms with Gasteiger partial charge < -0.3 is 14.7 Å². The molecule has 3 rings (SSSR count). The van der Waals surface area contributed by atoms with Crippen LogP contribution in [0.4, 0.5) is 4.79 Å². The molecule has 4 nitrogen and oxygen atoms in total. The number of carbonyl (C=O) groups excluding carboxylic acids is 1. The van der Waals surface area contributed by atoms with Crippen LogP contribution in [0.15, 0.2) is 30.3 Å². The molecule has 1 spiro atoms. The zero-order chi connectivity index (χ0) is 16.7. The van der Waals surface area contributed by atoms with Crippen LogP contribution in [0.3, 0.4) is 0 Å². The summed E-state index contributed by atoms with van der Waals surface area (Å²) in [7, 11) is 0. The summed E-state index contributed by atoms with van der Waals surface area (Å²) in [4.78, 5) is 13.8. The molecule has 0 bridgehead atoms. The maximum Gasteiger partial charge on any atom is 0.410 e. The topological polar surface area (TPSA) is 49.8 Å². The Hall–Kier alpha value is -1.55. The summed E-state index contributed by atoms with van der Waals surface area (Å²) in [5, 5.41) is 10.3. The molecule has 23 heavy (non-hydrogen) atoms. The number of hydrogen-bond acceptors (Lipinski definition) is 3. The third kappa shape index (κ3) is 3.69. The molecule has 1 aliphatic heterocycles. The molecule has 1 aromatic carbocycles. The number of benzene rings is 1. The van der Waals surface area contributed by atoms with Gasteiger partial charge in [-0.05, 0) is 51.5 Å². The van der Waals surface area contributed by atoms with Crippen molar-refractivity contribution in [2.75, 3.05) is 13.1 Å². The van der Waals surface area contributed by atoms with E-state index in [-0.39, 0.29) is 17.6 Å². The lowest BCUT2D eigenvalue weighted by atomic mass is 9.56. The number of amides is 1. The van der Waals surface area contributed by atoms with Gasteiger partial charge in [-0.3, -0.25) is 0 Å². The Morgan fingerprint density at radius 1 is 1.30 bits per heavy atom. The fourth-order valence-corrected chi connectivity index (χ4v) is 3.94. The summed E-state index contributed by atoms with van der Waals surface area (Å²) in [5.41, 5.74) is 0.859. The largest absolute Gasteiger partial charge is 0.444 e. The Morgan fingerprint density at radius 3 is 2.48 bits per heavy atom. The van der Waals surface area contributed by atoms with Crippen LogP contribution in [0.1, 0.15) is 51.7 Å². The van der Waals surface area contributed by atoms with Crippen LogP contribution in [0.2, 0.25) is 0 Å². The molecule has 1 heterocycles. The van der Waals surface area contributed by atoms with E-state index in [2.05, 4.69) is 0 Å². The van der Waals surface area contributed by atoms with E-state index >= 15 is 0 Å². The number of aliphatic hydroxyl groups is 1. The lowest BCUT2D eigenvalue weighted by molar-refractivity contribution is -0.103. The first-order valence-electron chi connectivity index (χ1n) is 8.47. The highest BCUT2D eigenvalue weighted by Crippen LogP contribution is 2.54. The second-order valence-electron chi connectivity index (χ2n) is 8.27. The van der Waals surface area contributed by atoms with Gasteiger partial charge in [0, 0.05) is 18.5 Å². The number of hydrogen-bond donors (Lipinski definition) is 1. The third-order valence-electron chi connectivity index (χ3n) is 4.89. The summed E-state index contributed by atoms with van der Waals surface area (Å²) in [5.74, 6) is 0.561. The predicted octanol–water partition coefficient (Wildman–Crippen LogP) is 3.76. The van der Waals surface area contributed by atoms with E-state index in [1.54, 1.807) is 4.90 Å². The predicted molar refractivity (Wildman–Crippen MR) is 89.0 cm³/mol. The fraction of sp³-hybridized carbons (Fsp3) is 0.632. The van der Waals surface area contributed by atoms with E-state index in [4.69, 9.17) is 4.74 Å². The second kappa shape index (κ2) is 5.82. The first-order valence-corrected chi connectivity index (χ1v) is 8.47. The average Bonchev–Trinajstić information content (AvgIpc) is 2.38. The summed E-state index contributed by atoms with van der Waals surface area (Å²) in [6, 6.07) is 9.85. The second-order valence-corrected chi connectivity index (χ2v) is 8.27. The smallest absolute Gasteiger partial charge is 0.410 e. The quantitative estimate of drug-likeness (QED) is 0.923. The first-order chi connectivity index (χ1) is 10.8. The van der Waals surface area contributed by atoms with Crippen LogP contribution in [-0.2, 0) is 4.74 Å². The molecule has 0 radical (unpaired) electrons. The molecule has 126 valence electrons. The zero-order valence-corrected chi connectivity index (χ0v) is 14.3. The van der Waals surface area contributed by atoms with Gasteiger partial charge in [-0.25, -0.2) is 4.79 Å². The van der Waals surface area contributed by atoms with Crippen LogP contribution < -0.4 is 0 Å². The van der Waals surface area contributed by atoms with Crippen molar-refractivity contribution in [3.05, 3.63) is 35.9 Å². The Bertz CT molecular complexity index is 550. The number of nitrogens with zero attached hydrogens (tertiary/aromatic N) is 1. The van der Waals surface area contributed by atoms with Crippen molar-refractivity contribution in [3.63, 3.8) is 0 Å². The molecule has 1 atom stereocenters. The third-order valence-corrected chi connectivity index (χ3v) is 4.89. The molecule has 1 aromatic rings. The highest BCUT2D eigenvalue weighted by atomic mass is 16.6. The van der Waals surface area contributed by atoms with Crippen molar-refractivity contribution in [1.82, 2.24) is 4.90 Å². The molecule has 0 unspecified atom stereocenters. The normalized spacial score (nSPS) is 21.5. The van der Waals surface area contributed by atoms with Gasteiger partial charge in [0.2, 0.25) is 0 Å². The minimum absolute atomic E-state index is 0.198. The zero-order valence-electron chi connectivity index (χ0n) is 14.3. The maximum absolute atomic E-state index is 12.0. The molecule has 1 N–H and O–H groups in total. The van der Waals surface area contributed by atoms with Crippen LogP contribution in [0.5, 0.6) is 0 Å². The first kappa shape index (κ1) is 16.3. The summed E-state index contributed by atoms with van der Waals surface area (Å²) in [6.07, 6.45) is 2.46. The summed E-state index contributed by atoms with van der Waals surface area (Å²) in [6.45, 7) is 7.29. The average molecular weight is 317 g/mol. The molecule has 1 aliphatic carbocycles. The molecule has 1 amide bonds. The van der Waals surface area contributed by atoms with E-state index in [1.165, 1.54) is 0 Å². The minimum atomic E-state index is -0.429. The van der Waals surface area contributed by atoms with Gasteiger partial charge in [0.25, 0.3) is 0 Å². The van der Waals surface area contributed by atoms with Crippen molar-refractivity contribution < 1.29 is 14.6 Å². The van der Waals surface area contributed by atoms with Crippen molar-refractivity contribution in [1.29, 1.82) is 0 Å². The molecule has 4 heteroatoms. The Morgan fingerprint density at radius 2 is 1.91 bits per heavy atom. The summed E-state index contributed by atoms with van der Waals surface area (Å²) < 4.78 is 5.40. The van der Waals surface area contributed by atoms with E-state index in [0.29, 0.717) is 5.92 Å². The number of likely N-dealkylation sites (tertiary alicyclic amines) is 1. The van der Waals surface area contributed by atoms with Gasteiger partial charge in [0.15, 0.2) is 0 Å². The number of carbonyl (C=O) groups is 1. The number of ether oxygens (including phenoxy) is 1. The lowest BCUT2D eigenvalue weighted by Crippen LogP contribution is -2.64. The van der Waals surface area contributed by atoms with E-state index in [9.17, 15) is 9.90 Å². The van der Waals surface area contributed by atoms with Gasteiger partial charge in [-0.2, -0.15) is 0 Å². The fourth-order valence-electron chi connectivity index (χ4n) is 3.94. The van der Waals surface area contributed by atoms with Crippen LogP contribution in [-0.4, -0.2) is 34.8 Å². The van der Waals surface area contributed by atoms with Gasteiger partial charge in [-0.1, -0.05) is 30.3 Å². The molecular formula is C19H27NO3. The molecule has 2 aliphatic rings. The van der Waals surface area contributed by atoms with Crippen molar-refractivity contribution >= 4 is 6.09 Å². The van der Waals surface area contributed by atoms with Crippen molar-refractivity contribution in [2.24, 2.45) is 11.3 Å². The van der Waals surface area contributed by atoms with Gasteiger partial charge in [0.05, 0.1) is 6.10 Å².